The molecule has 190 valence electrons. The summed E-state index contributed by atoms with van der Waals surface area (Å²) in [5.41, 5.74) is 1.92. The van der Waals surface area contributed by atoms with E-state index >= 15 is 0 Å². The molecule has 0 aliphatic heterocycles. The van der Waals surface area contributed by atoms with Crippen molar-refractivity contribution < 1.29 is 18.0 Å². The number of anilines is 1. The van der Waals surface area contributed by atoms with Gasteiger partial charge < -0.3 is 10.2 Å². The van der Waals surface area contributed by atoms with E-state index in [1.54, 1.807) is 43.3 Å². The highest BCUT2D eigenvalue weighted by atomic mass is 35.5. The summed E-state index contributed by atoms with van der Waals surface area (Å²) in [6.07, 6.45) is 5.00. The van der Waals surface area contributed by atoms with Gasteiger partial charge in [0.05, 0.1) is 22.0 Å². The van der Waals surface area contributed by atoms with Gasteiger partial charge in [0.25, 0.3) is 0 Å². The lowest BCUT2D eigenvalue weighted by molar-refractivity contribution is -0.139. The second kappa shape index (κ2) is 11.6. The molecule has 7 nitrogen and oxygen atoms in total. The standard InChI is InChI=1S/C25H31Cl2N3O4S/c1-17-7-6-10-21(13-17)30(35(3,33)34)16-24(31)29(15-19-11-12-22(26)23(27)14-19)18(2)25(32)28-20-8-4-5-9-20/h6-7,10-14,18,20H,4-5,8-9,15-16H2,1-3H3,(H,28,32). The molecule has 2 aromatic rings. The van der Waals surface area contributed by atoms with Crippen molar-refractivity contribution in [1.29, 1.82) is 0 Å². The van der Waals surface area contributed by atoms with E-state index in [0.717, 1.165) is 41.8 Å². The smallest absolute Gasteiger partial charge is 0.244 e. The zero-order valence-electron chi connectivity index (χ0n) is 20.1. The van der Waals surface area contributed by atoms with Crippen molar-refractivity contribution in [3.8, 4) is 0 Å². The van der Waals surface area contributed by atoms with Crippen LogP contribution in [0.1, 0.15) is 43.7 Å². The molecule has 0 heterocycles. The van der Waals surface area contributed by atoms with Crippen LogP contribution < -0.4 is 9.62 Å². The molecular weight excluding hydrogens is 509 g/mol. The van der Waals surface area contributed by atoms with Gasteiger partial charge in [0.15, 0.2) is 0 Å². The highest BCUT2D eigenvalue weighted by Crippen LogP contribution is 2.25. The number of amides is 2. The quantitative estimate of drug-likeness (QED) is 0.506. The Morgan fingerprint density at radius 2 is 1.77 bits per heavy atom. The fraction of sp³-hybridized carbons (Fsp3) is 0.440. The number of rotatable bonds is 9. The van der Waals surface area contributed by atoms with Crippen LogP contribution in [0.3, 0.4) is 0 Å². The minimum Gasteiger partial charge on any atom is -0.352 e. The number of nitrogens with one attached hydrogen (secondary N) is 1. The molecule has 1 aliphatic rings. The van der Waals surface area contributed by atoms with Gasteiger partial charge in [-0.15, -0.1) is 0 Å². The first-order chi connectivity index (χ1) is 16.5. The van der Waals surface area contributed by atoms with Gasteiger partial charge >= 0.3 is 0 Å². The van der Waals surface area contributed by atoms with Gasteiger partial charge in [-0.25, -0.2) is 8.42 Å². The van der Waals surface area contributed by atoms with Crippen LogP contribution in [-0.4, -0.2) is 50.0 Å². The Morgan fingerprint density at radius 1 is 1.09 bits per heavy atom. The lowest BCUT2D eigenvalue weighted by Gasteiger charge is -2.32. The van der Waals surface area contributed by atoms with Crippen LogP contribution in [-0.2, 0) is 26.2 Å². The van der Waals surface area contributed by atoms with Crippen molar-refractivity contribution in [2.24, 2.45) is 0 Å². The minimum atomic E-state index is -3.77. The molecule has 1 unspecified atom stereocenters. The molecule has 10 heteroatoms. The predicted molar refractivity (Wildman–Crippen MR) is 140 cm³/mol. The van der Waals surface area contributed by atoms with Gasteiger partial charge in [0, 0.05) is 12.6 Å². The zero-order chi connectivity index (χ0) is 25.8. The summed E-state index contributed by atoms with van der Waals surface area (Å²) < 4.78 is 26.3. The summed E-state index contributed by atoms with van der Waals surface area (Å²) in [7, 11) is -3.77. The number of halogens is 2. The lowest BCUT2D eigenvalue weighted by atomic mass is 10.1. The monoisotopic (exact) mass is 539 g/mol. The number of sulfonamides is 1. The molecule has 0 bridgehead atoms. The van der Waals surface area contributed by atoms with Gasteiger partial charge in [0.2, 0.25) is 21.8 Å². The van der Waals surface area contributed by atoms with E-state index in [9.17, 15) is 18.0 Å². The summed E-state index contributed by atoms with van der Waals surface area (Å²) in [4.78, 5) is 28.0. The second-order valence-electron chi connectivity index (χ2n) is 9.04. The molecule has 2 aromatic carbocycles. The van der Waals surface area contributed by atoms with E-state index in [1.165, 1.54) is 4.90 Å². The van der Waals surface area contributed by atoms with Crippen LogP contribution in [0.25, 0.3) is 0 Å². The Bertz CT molecular complexity index is 1180. The third-order valence-electron chi connectivity index (χ3n) is 6.17. The van der Waals surface area contributed by atoms with Gasteiger partial charge in [-0.3, -0.25) is 13.9 Å². The molecule has 0 saturated heterocycles. The number of aryl methyl sites for hydroxylation is 1. The average molecular weight is 541 g/mol. The van der Waals surface area contributed by atoms with Crippen LogP contribution in [0.2, 0.25) is 10.0 Å². The summed E-state index contributed by atoms with van der Waals surface area (Å²) in [6.45, 7) is 3.13. The largest absolute Gasteiger partial charge is 0.352 e. The third kappa shape index (κ3) is 7.35. The van der Waals surface area contributed by atoms with E-state index in [2.05, 4.69) is 5.32 Å². The van der Waals surface area contributed by atoms with Crippen LogP contribution in [0.15, 0.2) is 42.5 Å². The summed E-state index contributed by atoms with van der Waals surface area (Å²) >= 11 is 12.2. The third-order valence-corrected chi connectivity index (χ3v) is 8.05. The topological polar surface area (TPSA) is 86.8 Å². The van der Waals surface area contributed by atoms with E-state index in [0.29, 0.717) is 21.3 Å². The molecule has 0 spiro atoms. The van der Waals surface area contributed by atoms with Crippen molar-refractivity contribution in [3.63, 3.8) is 0 Å². The molecule has 0 aromatic heterocycles. The first kappa shape index (κ1) is 27.3. The van der Waals surface area contributed by atoms with E-state index in [4.69, 9.17) is 23.2 Å². The maximum Gasteiger partial charge on any atom is 0.244 e. The summed E-state index contributed by atoms with van der Waals surface area (Å²) in [5, 5.41) is 3.74. The minimum absolute atomic E-state index is 0.0698. The maximum atomic E-state index is 13.6. The van der Waals surface area contributed by atoms with Gasteiger partial charge in [-0.2, -0.15) is 0 Å². The Balaban J connectivity index is 1.89. The van der Waals surface area contributed by atoms with Crippen molar-refractivity contribution in [2.75, 3.05) is 17.1 Å². The molecule has 1 saturated carbocycles. The number of hydrogen-bond acceptors (Lipinski definition) is 4. The van der Waals surface area contributed by atoms with Crippen molar-refractivity contribution in [2.45, 2.75) is 58.2 Å². The Morgan fingerprint density at radius 3 is 2.37 bits per heavy atom. The number of benzene rings is 2. The van der Waals surface area contributed by atoms with Crippen LogP contribution in [0.5, 0.6) is 0 Å². The summed E-state index contributed by atoms with van der Waals surface area (Å²) in [6, 6.07) is 11.2. The number of nitrogens with zero attached hydrogens (tertiary/aromatic N) is 2. The zero-order valence-corrected chi connectivity index (χ0v) is 22.5. The highest BCUT2D eigenvalue weighted by Gasteiger charge is 2.31. The molecule has 0 radical (unpaired) electrons. The first-order valence-electron chi connectivity index (χ1n) is 11.5. The molecule has 1 fully saturated rings. The first-order valence-corrected chi connectivity index (χ1v) is 14.1. The normalized spacial score (nSPS) is 15.0. The molecular formula is C25H31Cl2N3O4S. The Hall–Kier alpha value is -2.29. The van der Waals surface area contributed by atoms with E-state index in [1.807, 2.05) is 13.0 Å². The van der Waals surface area contributed by atoms with E-state index in [-0.39, 0.29) is 18.5 Å². The van der Waals surface area contributed by atoms with Crippen molar-refractivity contribution in [3.05, 3.63) is 63.6 Å². The van der Waals surface area contributed by atoms with Gasteiger partial charge in [-0.05, 0) is 62.1 Å². The van der Waals surface area contributed by atoms with Gasteiger partial charge in [-0.1, -0.05) is 54.2 Å². The molecule has 35 heavy (non-hydrogen) atoms. The van der Waals surface area contributed by atoms with E-state index < -0.39 is 28.5 Å². The fourth-order valence-corrected chi connectivity index (χ4v) is 5.37. The lowest BCUT2D eigenvalue weighted by Crippen LogP contribution is -2.52. The summed E-state index contributed by atoms with van der Waals surface area (Å²) in [5.74, 6) is -0.774. The van der Waals surface area contributed by atoms with Crippen LogP contribution >= 0.6 is 23.2 Å². The molecule has 1 aliphatic carbocycles. The predicted octanol–water partition coefficient (Wildman–Crippen LogP) is 4.54. The molecule has 1 atom stereocenters. The number of carbonyl (C=O) groups excluding carboxylic acids is 2. The van der Waals surface area contributed by atoms with Gasteiger partial charge in [0.1, 0.15) is 12.6 Å². The highest BCUT2D eigenvalue weighted by molar-refractivity contribution is 7.92. The molecule has 3 rings (SSSR count). The number of carbonyl (C=O) groups is 2. The Kier molecular flexibility index (Phi) is 9.07. The average Bonchev–Trinajstić information content (AvgIpc) is 3.29. The molecule has 2 amide bonds. The maximum absolute atomic E-state index is 13.6. The van der Waals surface area contributed by atoms with Crippen molar-refractivity contribution >= 4 is 50.7 Å². The SMILES string of the molecule is Cc1cccc(N(CC(=O)N(Cc2ccc(Cl)c(Cl)c2)C(C)C(=O)NC2CCCC2)S(C)(=O)=O)c1. The fourth-order valence-electron chi connectivity index (χ4n) is 4.21. The second-order valence-corrected chi connectivity index (χ2v) is 11.8. The van der Waals surface area contributed by atoms with Crippen LogP contribution in [0.4, 0.5) is 5.69 Å². The molecule has 1 N–H and O–H groups in total. The van der Waals surface area contributed by atoms with Crippen LogP contribution in [0, 0.1) is 6.92 Å². The Labute approximate surface area is 217 Å². The number of hydrogen-bond donors (Lipinski definition) is 1. The van der Waals surface area contributed by atoms with Crippen molar-refractivity contribution in [1.82, 2.24) is 10.2 Å².